The predicted octanol–water partition coefficient (Wildman–Crippen LogP) is 1.51. The third kappa shape index (κ3) is 2.15. The summed E-state index contributed by atoms with van der Waals surface area (Å²) in [6, 6.07) is 5.96. The molecule has 0 unspecified atom stereocenters. The molecule has 0 atom stereocenters. The van der Waals surface area contributed by atoms with Crippen LogP contribution in [0, 0.1) is 0 Å². The molecule has 0 aliphatic rings. The number of H-pyrrole nitrogens is 1. The lowest BCUT2D eigenvalue weighted by Crippen LogP contribution is -2.02. The first-order chi connectivity index (χ1) is 6.29. The average molecular weight is 231 g/mol. The predicted molar refractivity (Wildman–Crippen MR) is 62.5 cm³/mol. The maximum atomic E-state index is 11.0. The molecule has 0 saturated carbocycles. The van der Waals surface area contributed by atoms with E-state index in [4.69, 9.17) is 5.73 Å². The lowest BCUT2D eigenvalue weighted by Gasteiger charge is -1.96. The lowest BCUT2D eigenvalue weighted by atomic mass is 10.1. The van der Waals surface area contributed by atoms with Crippen LogP contribution in [0.3, 0.4) is 0 Å². The maximum absolute atomic E-state index is 11.0. The summed E-state index contributed by atoms with van der Waals surface area (Å²) in [5, 5.41) is 0. The second-order valence-electron chi connectivity index (χ2n) is 2.88. The Bertz CT molecular complexity index is 477. The topological polar surface area (TPSA) is 58.9 Å². The Balaban J connectivity index is 0.000000980. The van der Waals surface area contributed by atoms with Gasteiger partial charge in [0.1, 0.15) is 0 Å². The van der Waals surface area contributed by atoms with Crippen LogP contribution in [0.2, 0.25) is 0 Å². The number of benzene rings is 1. The SMILES string of the molecule is Cl.NCCc1ccc2sc(=O)[nH]c2c1. The molecule has 1 heterocycles. The smallest absolute Gasteiger partial charge is 0.305 e. The highest BCUT2D eigenvalue weighted by atomic mass is 35.5. The number of halogens is 1. The zero-order valence-corrected chi connectivity index (χ0v) is 9.08. The van der Waals surface area contributed by atoms with Gasteiger partial charge in [0.15, 0.2) is 0 Å². The summed E-state index contributed by atoms with van der Waals surface area (Å²) in [5.41, 5.74) is 7.53. The summed E-state index contributed by atoms with van der Waals surface area (Å²) in [4.78, 5) is 13.8. The van der Waals surface area contributed by atoms with Crippen LogP contribution in [0.15, 0.2) is 23.0 Å². The number of nitrogens with two attached hydrogens (primary N) is 1. The molecule has 0 fully saturated rings. The molecule has 3 nitrogen and oxygen atoms in total. The van der Waals surface area contributed by atoms with Crippen LogP contribution < -0.4 is 10.6 Å². The molecule has 14 heavy (non-hydrogen) atoms. The fourth-order valence-corrected chi connectivity index (χ4v) is 2.04. The summed E-state index contributed by atoms with van der Waals surface area (Å²) >= 11 is 1.24. The Morgan fingerprint density at radius 3 is 2.93 bits per heavy atom. The van der Waals surface area contributed by atoms with Crippen molar-refractivity contribution < 1.29 is 0 Å². The van der Waals surface area contributed by atoms with Gasteiger partial charge in [-0.3, -0.25) is 4.79 Å². The van der Waals surface area contributed by atoms with Crippen LogP contribution >= 0.6 is 23.7 Å². The van der Waals surface area contributed by atoms with Crippen LogP contribution in [-0.2, 0) is 6.42 Å². The zero-order valence-electron chi connectivity index (χ0n) is 7.45. The van der Waals surface area contributed by atoms with E-state index in [0.717, 1.165) is 16.6 Å². The first-order valence-corrected chi connectivity index (χ1v) is 4.93. The highest BCUT2D eigenvalue weighted by Gasteiger charge is 1.99. The van der Waals surface area contributed by atoms with Gasteiger partial charge in [-0.2, -0.15) is 0 Å². The van der Waals surface area contributed by atoms with Crippen molar-refractivity contribution in [2.75, 3.05) is 6.54 Å². The van der Waals surface area contributed by atoms with Gasteiger partial charge in [0.25, 0.3) is 0 Å². The summed E-state index contributed by atoms with van der Waals surface area (Å²) in [5.74, 6) is 0. The van der Waals surface area contributed by atoms with Crippen molar-refractivity contribution in [2.45, 2.75) is 6.42 Å². The van der Waals surface area contributed by atoms with Gasteiger partial charge in [-0.25, -0.2) is 0 Å². The van der Waals surface area contributed by atoms with Gasteiger partial charge in [-0.1, -0.05) is 17.4 Å². The lowest BCUT2D eigenvalue weighted by molar-refractivity contribution is 0.970. The highest BCUT2D eigenvalue weighted by molar-refractivity contribution is 7.16. The van der Waals surface area contributed by atoms with E-state index >= 15 is 0 Å². The van der Waals surface area contributed by atoms with E-state index in [1.807, 2.05) is 18.2 Å². The molecule has 1 aromatic heterocycles. The monoisotopic (exact) mass is 230 g/mol. The standard InChI is InChI=1S/C9H10N2OS.ClH/c10-4-3-6-1-2-8-7(5-6)11-9(12)13-8;/h1-2,5H,3-4,10H2,(H,11,12);1H. The Hall–Kier alpha value is -0.840. The normalized spacial score (nSPS) is 10.1. The minimum atomic E-state index is -0.0000940. The van der Waals surface area contributed by atoms with Crippen molar-refractivity contribution in [1.29, 1.82) is 0 Å². The third-order valence-electron chi connectivity index (χ3n) is 1.92. The maximum Gasteiger partial charge on any atom is 0.305 e. The van der Waals surface area contributed by atoms with E-state index in [0.29, 0.717) is 6.54 Å². The molecule has 0 amide bonds. The molecule has 0 radical (unpaired) electrons. The van der Waals surface area contributed by atoms with E-state index in [9.17, 15) is 4.79 Å². The van der Waals surface area contributed by atoms with Gasteiger partial charge in [0.2, 0.25) is 0 Å². The van der Waals surface area contributed by atoms with Crippen LogP contribution in [-0.4, -0.2) is 11.5 Å². The summed E-state index contributed by atoms with van der Waals surface area (Å²) in [6.07, 6.45) is 0.855. The van der Waals surface area contributed by atoms with E-state index in [1.54, 1.807) is 0 Å². The Morgan fingerprint density at radius 2 is 2.21 bits per heavy atom. The molecule has 2 rings (SSSR count). The van der Waals surface area contributed by atoms with E-state index in [2.05, 4.69) is 4.98 Å². The average Bonchev–Trinajstić information content (AvgIpc) is 2.44. The van der Waals surface area contributed by atoms with Crippen molar-refractivity contribution in [3.05, 3.63) is 33.4 Å². The van der Waals surface area contributed by atoms with E-state index in [1.165, 1.54) is 16.9 Å². The summed E-state index contributed by atoms with van der Waals surface area (Å²) in [6.45, 7) is 0.639. The zero-order chi connectivity index (χ0) is 9.26. The minimum absolute atomic E-state index is 0. The summed E-state index contributed by atoms with van der Waals surface area (Å²) < 4.78 is 1.01. The summed E-state index contributed by atoms with van der Waals surface area (Å²) in [7, 11) is 0. The molecule has 1 aromatic carbocycles. The van der Waals surface area contributed by atoms with Crippen molar-refractivity contribution in [1.82, 2.24) is 4.98 Å². The fourth-order valence-electron chi connectivity index (χ4n) is 1.32. The molecule has 0 aliphatic heterocycles. The quantitative estimate of drug-likeness (QED) is 0.822. The number of hydrogen-bond donors (Lipinski definition) is 2. The molecular weight excluding hydrogens is 220 g/mol. The molecule has 5 heteroatoms. The molecule has 0 aliphatic carbocycles. The first kappa shape index (κ1) is 11.2. The number of rotatable bonds is 2. The number of nitrogens with one attached hydrogen (secondary N) is 1. The number of aromatic nitrogens is 1. The Morgan fingerprint density at radius 1 is 1.43 bits per heavy atom. The second-order valence-corrected chi connectivity index (χ2v) is 3.90. The minimum Gasteiger partial charge on any atom is -0.330 e. The van der Waals surface area contributed by atoms with Crippen LogP contribution in [0.5, 0.6) is 0 Å². The fraction of sp³-hybridized carbons (Fsp3) is 0.222. The Labute approximate surface area is 91.4 Å². The highest BCUT2D eigenvalue weighted by Crippen LogP contribution is 2.15. The number of fused-ring (bicyclic) bond motifs is 1. The molecular formula is C9H11ClN2OS. The molecule has 76 valence electrons. The van der Waals surface area contributed by atoms with Gasteiger partial charge in [-0.15, -0.1) is 12.4 Å². The van der Waals surface area contributed by atoms with Crippen molar-refractivity contribution in [3.8, 4) is 0 Å². The molecule has 2 aromatic rings. The molecule has 0 spiro atoms. The van der Waals surface area contributed by atoms with Crippen LogP contribution in [0.1, 0.15) is 5.56 Å². The van der Waals surface area contributed by atoms with Gasteiger partial charge >= 0.3 is 4.87 Å². The van der Waals surface area contributed by atoms with Crippen molar-refractivity contribution in [2.24, 2.45) is 5.73 Å². The number of hydrogen-bond acceptors (Lipinski definition) is 3. The van der Waals surface area contributed by atoms with Gasteiger partial charge in [0.05, 0.1) is 10.2 Å². The van der Waals surface area contributed by atoms with Crippen LogP contribution in [0.25, 0.3) is 10.2 Å². The van der Waals surface area contributed by atoms with E-state index < -0.39 is 0 Å². The third-order valence-corrected chi connectivity index (χ3v) is 2.78. The number of thiazole rings is 1. The Kier molecular flexibility index (Phi) is 3.69. The molecule has 0 bridgehead atoms. The van der Waals surface area contributed by atoms with E-state index in [-0.39, 0.29) is 17.3 Å². The molecule has 3 N–H and O–H groups in total. The largest absolute Gasteiger partial charge is 0.330 e. The first-order valence-electron chi connectivity index (χ1n) is 4.11. The van der Waals surface area contributed by atoms with Crippen molar-refractivity contribution >= 4 is 34.0 Å². The van der Waals surface area contributed by atoms with Gasteiger partial charge < -0.3 is 10.7 Å². The van der Waals surface area contributed by atoms with Crippen molar-refractivity contribution in [3.63, 3.8) is 0 Å². The van der Waals surface area contributed by atoms with Gasteiger partial charge in [-0.05, 0) is 30.7 Å². The molecule has 0 saturated heterocycles. The number of aromatic amines is 1. The van der Waals surface area contributed by atoms with Gasteiger partial charge in [0, 0.05) is 0 Å². The second kappa shape index (κ2) is 4.59. The van der Waals surface area contributed by atoms with Crippen LogP contribution in [0.4, 0.5) is 0 Å².